The summed E-state index contributed by atoms with van der Waals surface area (Å²) in [6.45, 7) is 2.01. The monoisotopic (exact) mass is 365 g/mol. The van der Waals surface area contributed by atoms with Gasteiger partial charge in [0.2, 0.25) is 0 Å². The van der Waals surface area contributed by atoms with Crippen molar-refractivity contribution in [2.24, 2.45) is 7.05 Å². The van der Waals surface area contributed by atoms with Crippen molar-refractivity contribution in [3.05, 3.63) is 68.7 Å². The number of hydrogen-bond acceptors (Lipinski definition) is 2. The highest BCUT2D eigenvalue weighted by Gasteiger charge is 2.14. The van der Waals surface area contributed by atoms with Crippen molar-refractivity contribution < 1.29 is 4.42 Å². The van der Waals surface area contributed by atoms with E-state index in [2.05, 4.69) is 22.0 Å². The van der Waals surface area contributed by atoms with E-state index in [9.17, 15) is 4.79 Å². The van der Waals surface area contributed by atoms with Crippen molar-refractivity contribution >= 4 is 38.6 Å². The van der Waals surface area contributed by atoms with Gasteiger partial charge >= 0.3 is 5.76 Å². The SMILES string of the molecule is Cc1cc(Cl)cc(C(Br)c2ccc3c(c2)oc(=O)n3C)c1. The van der Waals surface area contributed by atoms with E-state index >= 15 is 0 Å². The first-order valence-electron chi connectivity index (χ1n) is 6.46. The van der Waals surface area contributed by atoms with E-state index < -0.39 is 0 Å². The van der Waals surface area contributed by atoms with Crippen LogP contribution in [0.25, 0.3) is 11.1 Å². The molecule has 1 heterocycles. The average molecular weight is 367 g/mol. The molecule has 0 aliphatic heterocycles. The smallest absolute Gasteiger partial charge is 0.408 e. The molecule has 21 heavy (non-hydrogen) atoms. The van der Waals surface area contributed by atoms with Crippen molar-refractivity contribution in [3.63, 3.8) is 0 Å². The summed E-state index contributed by atoms with van der Waals surface area (Å²) in [7, 11) is 1.69. The third-order valence-electron chi connectivity index (χ3n) is 3.47. The van der Waals surface area contributed by atoms with Crippen molar-refractivity contribution in [1.29, 1.82) is 0 Å². The van der Waals surface area contributed by atoms with Crippen LogP contribution in [0.2, 0.25) is 5.02 Å². The zero-order valence-electron chi connectivity index (χ0n) is 11.6. The van der Waals surface area contributed by atoms with Gasteiger partial charge in [0.1, 0.15) is 0 Å². The van der Waals surface area contributed by atoms with Crippen LogP contribution in [-0.2, 0) is 7.05 Å². The van der Waals surface area contributed by atoms with Gasteiger partial charge in [0, 0.05) is 12.1 Å². The molecule has 3 nitrogen and oxygen atoms in total. The number of hydrogen-bond donors (Lipinski definition) is 0. The van der Waals surface area contributed by atoms with Crippen LogP contribution in [0.3, 0.4) is 0 Å². The van der Waals surface area contributed by atoms with Crippen molar-refractivity contribution in [3.8, 4) is 0 Å². The Morgan fingerprint density at radius 3 is 2.67 bits per heavy atom. The summed E-state index contributed by atoms with van der Waals surface area (Å²) in [6, 6.07) is 11.7. The second-order valence-corrected chi connectivity index (χ2v) is 6.43. The van der Waals surface area contributed by atoms with Gasteiger partial charge in [-0.2, -0.15) is 0 Å². The van der Waals surface area contributed by atoms with Crippen LogP contribution in [0, 0.1) is 6.92 Å². The van der Waals surface area contributed by atoms with Crippen molar-refractivity contribution in [2.75, 3.05) is 0 Å². The molecule has 3 rings (SSSR count). The molecule has 0 fully saturated rings. The Hall–Kier alpha value is -1.52. The van der Waals surface area contributed by atoms with Crippen LogP contribution in [0.5, 0.6) is 0 Å². The van der Waals surface area contributed by atoms with E-state index in [4.69, 9.17) is 16.0 Å². The van der Waals surface area contributed by atoms with Gasteiger partial charge < -0.3 is 4.42 Å². The van der Waals surface area contributed by atoms with E-state index in [1.54, 1.807) is 7.05 Å². The molecule has 108 valence electrons. The maximum Gasteiger partial charge on any atom is 0.419 e. The highest BCUT2D eigenvalue weighted by atomic mass is 79.9. The Labute approximate surface area is 135 Å². The number of nitrogens with zero attached hydrogens (tertiary/aromatic N) is 1. The summed E-state index contributed by atoms with van der Waals surface area (Å²) >= 11 is 9.81. The third kappa shape index (κ3) is 2.65. The molecule has 1 aromatic heterocycles. The lowest BCUT2D eigenvalue weighted by Gasteiger charge is -2.12. The second kappa shape index (κ2) is 5.35. The lowest BCUT2D eigenvalue weighted by molar-refractivity contribution is 0.528. The fourth-order valence-corrected chi connectivity index (χ4v) is 3.26. The molecule has 0 bridgehead atoms. The Balaban J connectivity index is 2.08. The zero-order chi connectivity index (χ0) is 15.1. The number of oxazole rings is 1. The zero-order valence-corrected chi connectivity index (χ0v) is 13.9. The van der Waals surface area contributed by atoms with Crippen molar-refractivity contribution in [2.45, 2.75) is 11.8 Å². The minimum Gasteiger partial charge on any atom is -0.408 e. The molecule has 1 unspecified atom stereocenters. The van der Waals surface area contributed by atoms with Gasteiger partial charge in [0.15, 0.2) is 5.58 Å². The number of aryl methyl sites for hydroxylation is 2. The molecule has 0 radical (unpaired) electrons. The van der Waals surface area contributed by atoms with Crippen LogP contribution < -0.4 is 5.76 Å². The topological polar surface area (TPSA) is 35.1 Å². The minimum atomic E-state index is -0.355. The summed E-state index contributed by atoms with van der Waals surface area (Å²) in [4.78, 5) is 11.5. The van der Waals surface area contributed by atoms with Crippen LogP contribution in [0.1, 0.15) is 21.5 Å². The molecular weight excluding hydrogens is 354 g/mol. The molecule has 0 saturated heterocycles. The largest absolute Gasteiger partial charge is 0.419 e. The lowest BCUT2D eigenvalue weighted by Crippen LogP contribution is -2.08. The lowest BCUT2D eigenvalue weighted by atomic mass is 10.0. The third-order valence-corrected chi connectivity index (χ3v) is 4.74. The first-order valence-corrected chi connectivity index (χ1v) is 7.76. The van der Waals surface area contributed by atoms with Gasteiger partial charge in [-0.15, -0.1) is 0 Å². The molecule has 0 spiro atoms. The van der Waals surface area contributed by atoms with Crippen LogP contribution in [0.15, 0.2) is 45.6 Å². The van der Waals surface area contributed by atoms with E-state index in [1.165, 1.54) is 4.57 Å². The predicted molar refractivity (Wildman–Crippen MR) is 88.4 cm³/mol. The van der Waals surface area contributed by atoms with E-state index in [0.29, 0.717) is 10.6 Å². The fraction of sp³-hybridized carbons (Fsp3) is 0.188. The Kier molecular flexibility index (Phi) is 3.68. The Bertz CT molecular complexity index is 861. The number of benzene rings is 2. The second-order valence-electron chi connectivity index (χ2n) is 5.08. The Morgan fingerprint density at radius 2 is 1.95 bits per heavy atom. The maximum atomic E-state index is 11.5. The van der Waals surface area contributed by atoms with Crippen LogP contribution in [-0.4, -0.2) is 4.57 Å². The van der Waals surface area contributed by atoms with Crippen molar-refractivity contribution in [1.82, 2.24) is 4.57 Å². The number of alkyl halides is 1. The summed E-state index contributed by atoms with van der Waals surface area (Å²) in [6.07, 6.45) is 0. The fourth-order valence-electron chi connectivity index (χ4n) is 2.41. The standard InChI is InChI=1S/C16H13BrClNO2/c1-9-5-11(7-12(18)6-9)15(17)10-3-4-13-14(8-10)21-16(20)19(13)2/h3-8,15H,1-2H3. The van der Waals surface area contributed by atoms with Gasteiger partial charge in [-0.05, 0) is 47.9 Å². The first-order chi connectivity index (χ1) is 9.95. The summed E-state index contributed by atoms with van der Waals surface area (Å²) in [5.41, 5.74) is 4.55. The molecule has 0 saturated carbocycles. The summed E-state index contributed by atoms with van der Waals surface area (Å²) < 4.78 is 6.73. The van der Waals surface area contributed by atoms with E-state index in [0.717, 1.165) is 22.2 Å². The molecule has 1 atom stereocenters. The molecular formula is C16H13BrClNO2. The van der Waals surface area contributed by atoms with Gasteiger partial charge in [-0.1, -0.05) is 39.7 Å². The van der Waals surface area contributed by atoms with Crippen LogP contribution in [0.4, 0.5) is 0 Å². The van der Waals surface area contributed by atoms with Gasteiger partial charge in [0.25, 0.3) is 0 Å². The van der Waals surface area contributed by atoms with Gasteiger partial charge in [-0.25, -0.2) is 4.79 Å². The highest BCUT2D eigenvalue weighted by Crippen LogP contribution is 2.34. The first kappa shape index (κ1) is 14.4. The van der Waals surface area contributed by atoms with E-state index in [1.807, 2.05) is 37.3 Å². The number of halogens is 2. The summed E-state index contributed by atoms with van der Waals surface area (Å²) in [5.74, 6) is -0.355. The Morgan fingerprint density at radius 1 is 1.19 bits per heavy atom. The number of fused-ring (bicyclic) bond motifs is 1. The molecule has 0 aliphatic carbocycles. The van der Waals surface area contributed by atoms with Crippen LogP contribution >= 0.6 is 27.5 Å². The predicted octanol–water partition coefficient (Wildman–Crippen LogP) is 4.58. The molecule has 0 amide bonds. The normalized spacial score (nSPS) is 12.8. The number of rotatable bonds is 2. The minimum absolute atomic E-state index is 0.00944. The van der Waals surface area contributed by atoms with E-state index in [-0.39, 0.29) is 10.6 Å². The van der Waals surface area contributed by atoms with Gasteiger partial charge in [0.05, 0.1) is 10.3 Å². The summed E-state index contributed by atoms with van der Waals surface area (Å²) in [5, 5.41) is 0.710. The molecule has 3 aromatic rings. The molecule has 5 heteroatoms. The quantitative estimate of drug-likeness (QED) is 0.622. The van der Waals surface area contributed by atoms with Gasteiger partial charge in [-0.3, -0.25) is 4.57 Å². The highest BCUT2D eigenvalue weighted by molar-refractivity contribution is 9.09. The molecule has 0 N–H and O–H groups in total. The maximum absolute atomic E-state index is 11.5. The number of aromatic nitrogens is 1. The molecule has 0 aliphatic rings. The average Bonchev–Trinajstić information content (AvgIpc) is 2.71. The molecule has 2 aromatic carbocycles.